The highest BCUT2D eigenvalue weighted by atomic mass is 19.2. The summed E-state index contributed by atoms with van der Waals surface area (Å²) >= 11 is 0. The van der Waals surface area contributed by atoms with E-state index in [0.717, 1.165) is 35.0 Å². The number of para-hydroxylation sites is 1. The zero-order valence-corrected chi connectivity index (χ0v) is 17.7. The molecule has 3 aliphatic heterocycles. The summed E-state index contributed by atoms with van der Waals surface area (Å²) < 4.78 is 43.6. The third-order valence-corrected chi connectivity index (χ3v) is 7.65. The van der Waals surface area contributed by atoms with Gasteiger partial charge in [0.1, 0.15) is 24.5 Å². The number of aliphatic hydroxyl groups excluding tert-OH is 1. The second-order valence-electron chi connectivity index (χ2n) is 9.22. The minimum Gasteiger partial charge on any atom is -0.382 e. The summed E-state index contributed by atoms with van der Waals surface area (Å²) in [5.41, 5.74) is 1.31. The molecule has 166 valence electrons. The summed E-state index contributed by atoms with van der Waals surface area (Å²) in [7, 11) is 0. The smallest absolute Gasteiger partial charge is 0.170 e. The highest BCUT2D eigenvalue weighted by Crippen LogP contribution is 2.48. The van der Waals surface area contributed by atoms with Crippen molar-refractivity contribution in [3.05, 3.63) is 89.9 Å². The molecule has 6 rings (SSSR count). The maximum Gasteiger partial charge on any atom is 0.170 e. The zero-order chi connectivity index (χ0) is 22.5. The number of quaternary nitrogens is 1. The summed E-state index contributed by atoms with van der Waals surface area (Å²) in [5.74, 6) is -2.38. The lowest BCUT2D eigenvalue weighted by Gasteiger charge is -2.58. The van der Waals surface area contributed by atoms with Crippen molar-refractivity contribution < 1.29 is 22.8 Å². The number of aromatic nitrogens is 1. The second-order valence-corrected chi connectivity index (χ2v) is 9.22. The van der Waals surface area contributed by atoms with Gasteiger partial charge in [-0.1, -0.05) is 24.3 Å². The van der Waals surface area contributed by atoms with Crippen molar-refractivity contribution in [1.29, 1.82) is 0 Å². The number of rotatable bonds is 5. The first-order valence-corrected chi connectivity index (χ1v) is 11.1. The minimum atomic E-state index is -1.14. The molecule has 6 heteroatoms. The predicted molar refractivity (Wildman–Crippen MR) is 117 cm³/mol. The molecule has 3 nitrogen and oxygen atoms in total. The van der Waals surface area contributed by atoms with Crippen LogP contribution in [0.1, 0.15) is 30.1 Å². The van der Waals surface area contributed by atoms with E-state index >= 15 is 0 Å². The van der Waals surface area contributed by atoms with Crippen molar-refractivity contribution in [2.75, 3.05) is 13.1 Å². The Labute approximate surface area is 185 Å². The lowest BCUT2D eigenvalue weighted by molar-refractivity contribution is -0.985. The Kier molecular flexibility index (Phi) is 5.30. The number of fused-ring (bicyclic) bond motifs is 4. The number of halogens is 3. The number of nitrogens with zero attached hydrogens (tertiary/aromatic N) is 2. The van der Waals surface area contributed by atoms with Gasteiger partial charge in [0.2, 0.25) is 0 Å². The van der Waals surface area contributed by atoms with Gasteiger partial charge >= 0.3 is 0 Å². The summed E-state index contributed by atoms with van der Waals surface area (Å²) in [5, 5.41) is 12.5. The van der Waals surface area contributed by atoms with Gasteiger partial charge in [-0.05, 0) is 35.7 Å². The molecule has 4 heterocycles. The molecule has 0 saturated carbocycles. The summed E-state index contributed by atoms with van der Waals surface area (Å²) in [6.07, 6.45) is 4.36. The Morgan fingerprint density at radius 3 is 2.72 bits per heavy atom. The number of pyridine rings is 1. The predicted octanol–water partition coefficient (Wildman–Crippen LogP) is 5.30. The molecule has 0 radical (unpaired) electrons. The average molecular weight is 440 g/mol. The normalized spacial score (nSPS) is 28.1. The van der Waals surface area contributed by atoms with Gasteiger partial charge in [-0.3, -0.25) is 4.98 Å². The van der Waals surface area contributed by atoms with E-state index in [9.17, 15) is 18.3 Å². The van der Waals surface area contributed by atoms with Crippen molar-refractivity contribution in [3.63, 3.8) is 0 Å². The molecule has 5 atom stereocenters. The van der Waals surface area contributed by atoms with Crippen LogP contribution in [0.15, 0.2) is 61.3 Å². The van der Waals surface area contributed by atoms with Crippen LogP contribution in [0.4, 0.5) is 13.2 Å². The molecule has 3 fully saturated rings. The maximum atomic E-state index is 14.7. The third-order valence-electron chi connectivity index (χ3n) is 7.65. The highest BCUT2D eigenvalue weighted by molar-refractivity contribution is 5.82. The minimum absolute atomic E-state index is 0.00275. The molecule has 0 aliphatic carbocycles. The fourth-order valence-electron chi connectivity index (χ4n) is 5.99. The number of aliphatic hydroxyl groups is 1. The third kappa shape index (κ3) is 3.33. The Bertz CT molecular complexity index is 1180. The fraction of sp³-hybridized carbons (Fsp3) is 0.346. The van der Waals surface area contributed by atoms with Crippen LogP contribution in [-0.2, 0) is 6.54 Å². The van der Waals surface area contributed by atoms with Crippen LogP contribution < -0.4 is 0 Å². The molecule has 1 aromatic heterocycles. The topological polar surface area (TPSA) is 33.1 Å². The Hall–Kier alpha value is -2.70. The molecular weight excluding hydrogens is 413 g/mol. The molecule has 3 aliphatic rings. The first-order chi connectivity index (χ1) is 15.4. The van der Waals surface area contributed by atoms with E-state index in [1.54, 1.807) is 6.20 Å². The second kappa shape index (κ2) is 8.01. The van der Waals surface area contributed by atoms with Crippen LogP contribution in [-0.4, -0.2) is 33.7 Å². The summed E-state index contributed by atoms with van der Waals surface area (Å²) in [6, 6.07) is 11.0. The molecule has 2 aromatic carbocycles. The molecule has 32 heavy (non-hydrogen) atoms. The summed E-state index contributed by atoms with van der Waals surface area (Å²) in [4.78, 5) is 4.39. The number of hydrogen-bond donors (Lipinski definition) is 1. The Morgan fingerprint density at radius 1 is 1.12 bits per heavy atom. The van der Waals surface area contributed by atoms with Crippen molar-refractivity contribution in [2.45, 2.75) is 31.5 Å². The lowest BCUT2D eigenvalue weighted by atomic mass is 9.71. The first kappa shape index (κ1) is 21.2. The van der Waals surface area contributed by atoms with E-state index in [-0.39, 0.29) is 24.1 Å². The van der Waals surface area contributed by atoms with Gasteiger partial charge in [-0.15, -0.1) is 6.58 Å². The molecule has 3 saturated heterocycles. The van der Waals surface area contributed by atoms with Crippen LogP contribution in [0.2, 0.25) is 0 Å². The van der Waals surface area contributed by atoms with Gasteiger partial charge in [0, 0.05) is 30.3 Å². The molecule has 1 N–H and O–H groups in total. The van der Waals surface area contributed by atoms with E-state index in [1.165, 1.54) is 0 Å². The molecular formula is C26H26F3N2O+. The van der Waals surface area contributed by atoms with Crippen molar-refractivity contribution in [2.24, 2.45) is 11.8 Å². The van der Waals surface area contributed by atoms with Crippen LogP contribution in [0.25, 0.3) is 10.9 Å². The number of benzene rings is 2. The SMILES string of the molecule is C=C[C@H]1C[N@+]2(Cc3c(F)ccc(F)c3F)CC[C@H]1C[C@H]2[C@H](O)c1ccnc2ccccc12. The van der Waals surface area contributed by atoms with Crippen molar-refractivity contribution in [3.8, 4) is 0 Å². The fourth-order valence-corrected chi connectivity index (χ4v) is 5.99. The monoisotopic (exact) mass is 439 g/mol. The van der Waals surface area contributed by atoms with E-state index < -0.39 is 23.6 Å². The lowest BCUT2D eigenvalue weighted by Crippen LogP contribution is -2.67. The van der Waals surface area contributed by atoms with Crippen molar-refractivity contribution in [1.82, 2.24) is 4.98 Å². The quantitative estimate of drug-likeness (QED) is 0.333. The van der Waals surface area contributed by atoms with Crippen LogP contribution in [0.3, 0.4) is 0 Å². The molecule has 0 spiro atoms. The summed E-state index contributed by atoms with van der Waals surface area (Å²) in [6.45, 7) is 5.26. The number of hydrogen-bond acceptors (Lipinski definition) is 2. The van der Waals surface area contributed by atoms with Gasteiger partial charge in [-0.25, -0.2) is 13.2 Å². The van der Waals surface area contributed by atoms with Gasteiger partial charge in [0.05, 0.1) is 24.2 Å². The van der Waals surface area contributed by atoms with Gasteiger partial charge < -0.3 is 9.59 Å². The van der Waals surface area contributed by atoms with Gasteiger partial charge in [-0.2, -0.15) is 0 Å². The van der Waals surface area contributed by atoms with Crippen LogP contribution in [0.5, 0.6) is 0 Å². The van der Waals surface area contributed by atoms with Gasteiger partial charge in [0.15, 0.2) is 11.6 Å². The van der Waals surface area contributed by atoms with E-state index in [1.807, 2.05) is 36.4 Å². The molecule has 0 unspecified atom stereocenters. The van der Waals surface area contributed by atoms with Crippen LogP contribution >= 0.6 is 0 Å². The Morgan fingerprint density at radius 2 is 1.91 bits per heavy atom. The number of piperidine rings is 3. The maximum absolute atomic E-state index is 14.7. The van der Waals surface area contributed by atoms with Crippen LogP contribution in [0, 0.1) is 29.3 Å². The molecule has 2 bridgehead atoms. The van der Waals surface area contributed by atoms with E-state index in [0.29, 0.717) is 29.9 Å². The zero-order valence-electron chi connectivity index (χ0n) is 17.7. The van der Waals surface area contributed by atoms with E-state index in [2.05, 4.69) is 11.6 Å². The van der Waals surface area contributed by atoms with Crippen molar-refractivity contribution >= 4 is 10.9 Å². The largest absolute Gasteiger partial charge is 0.382 e. The molecule has 3 aromatic rings. The standard InChI is InChI=1S/C26H26F3N2O/c1-2-16-14-31(15-20-21(27)7-8-22(28)25(20)29)12-10-17(16)13-24(31)26(32)19-9-11-30-23-6-4-3-5-18(19)23/h2-9,11,16-17,24,26,32H,1,10,12-15H2/q+1/t16-,17-,24-,26+,31-/m0/s1. The molecule has 0 amide bonds. The van der Waals surface area contributed by atoms with Gasteiger partial charge in [0.25, 0.3) is 0 Å². The Balaban J connectivity index is 1.59. The highest BCUT2D eigenvalue weighted by Gasteiger charge is 2.54. The van der Waals surface area contributed by atoms with E-state index in [4.69, 9.17) is 0 Å². The average Bonchev–Trinajstić information content (AvgIpc) is 2.83. The first-order valence-electron chi connectivity index (χ1n) is 11.1.